The second-order valence-electron chi connectivity index (χ2n) is 11.6. The lowest BCUT2D eigenvalue weighted by molar-refractivity contribution is 0.171. The number of rotatable bonds is 12. The van der Waals surface area contributed by atoms with Crippen molar-refractivity contribution in [1.29, 1.82) is 5.26 Å². The van der Waals surface area contributed by atoms with Crippen molar-refractivity contribution < 1.29 is 27.4 Å². The van der Waals surface area contributed by atoms with Crippen LogP contribution in [0.25, 0.3) is 17.3 Å². The van der Waals surface area contributed by atoms with Crippen LogP contribution >= 0.6 is 0 Å². The lowest BCUT2D eigenvalue weighted by Gasteiger charge is -2.31. The van der Waals surface area contributed by atoms with Crippen molar-refractivity contribution >= 4 is 24.0 Å². The molecular formula is C30H38N6O6SSi. The zero-order chi connectivity index (χ0) is 32.4. The topological polar surface area (TPSA) is 157 Å². The molecule has 0 bridgehead atoms. The summed E-state index contributed by atoms with van der Waals surface area (Å²) < 4.78 is 49.2. The van der Waals surface area contributed by atoms with E-state index in [-0.39, 0.29) is 24.0 Å². The maximum absolute atomic E-state index is 14.5. The van der Waals surface area contributed by atoms with Crippen LogP contribution in [-0.2, 0) is 10.0 Å². The molecule has 3 heterocycles. The fourth-order valence-electron chi connectivity index (χ4n) is 4.66. The van der Waals surface area contributed by atoms with Gasteiger partial charge in [0.25, 0.3) is 0 Å². The number of aliphatic hydroxyl groups excluding tert-OH is 1. The van der Waals surface area contributed by atoms with E-state index < -0.39 is 29.5 Å². The van der Waals surface area contributed by atoms with E-state index in [0.29, 0.717) is 46.0 Å². The van der Waals surface area contributed by atoms with Crippen LogP contribution in [0.1, 0.15) is 35.7 Å². The van der Waals surface area contributed by atoms with Crippen LogP contribution < -0.4 is 13.8 Å². The van der Waals surface area contributed by atoms with Gasteiger partial charge in [-0.2, -0.15) is 5.26 Å². The number of anilines is 1. The van der Waals surface area contributed by atoms with Crippen LogP contribution in [0, 0.1) is 25.2 Å². The third kappa shape index (κ3) is 6.49. The van der Waals surface area contributed by atoms with E-state index in [4.69, 9.17) is 13.9 Å². The van der Waals surface area contributed by atoms with Gasteiger partial charge in [0.1, 0.15) is 40.4 Å². The Labute approximate surface area is 259 Å². The molecule has 14 heteroatoms. The summed E-state index contributed by atoms with van der Waals surface area (Å²) in [4.78, 5) is 4.33. The highest BCUT2D eigenvalue weighted by Gasteiger charge is 2.40. The summed E-state index contributed by atoms with van der Waals surface area (Å²) in [6, 6.07) is 14.3. The van der Waals surface area contributed by atoms with Gasteiger partial charge < -0.3 is 19.0 Å². The molecule has 44 heavy (non-hydrogen) atoms. The lowest BCUT2D eigenvalue weighted by atomic mass is 10.1. The second kappa shape index (κ2) is 12.8. The maximum Gasteiger partial charge on any atom is 0.246 e. The summed E-state index contributed by atoms with van der Waals surface area (Å²) in [5.41, 5.74) is 1.26. The molecule has 0 aliphatic rings. The first kappa shape index (κ1) is 32.7. The smallest absolute Gasteiger partial charge is 0.246 e. The number of sulfonamides is 1. The summed E-state index contributed by atoms with van der Waals surface area (Å²) >= 11 is 0. The lowest BCUT2D eigenvalue weighted by Crippen LogP contribution is -2.44. The van der Waals surface area contributed by atoms with Gasteiger partial charge in [0.15, 0.2) is 5.76 Å². The summed E-state index contributed by atoms with van der Waals surface area (Å²) in [6.07, 6.45) is -1.50. The van der Waals surface area contributed by atoms with Gasteiger partial charge in [-0.3, -0.25) is 9.55 Å². The van der Waals surface area contributed by atoms with E-state index in [0.717, 1.165) is 0 Å². The summed E-state index contributed by atoms with van der Waals surface area (Å²) in [6.45, 7) is 11.4. The molecule has 0 saturated heterocycles. The molecule has 0 spiro atoms. The summed E-state index contributed by atoms with van der Waals surface area (Å²) in [5, 5.41) is 28.1. The first-order chi connectivity index (χ1) is 20.7. The molecule has 12 nitrogen and oxygen atoms in total. The van der Waals surface area contributed by atoms with Gasteiger partial charge in [0, 0.05) is 14.6 Å². The van der Waals surface area contributed by atoms with Crippen molar-refractivity contribution in [3.8, 4) is 34.8 Å². The molecule has 0 aliphatic heterocycles. The Kier molecular flexibility index (Phi) is 9.52. The van der Waals surface area contributed by atoms with Crippen LogP contribution in [0.5, 0.6) is 11.5 Å². The van der Waals surface area contributed by atoms with E-state index in [9.17, 15) is 18.8 Å². The fourth-order valence-corrected chi connectivity index (χ4v) is 7.27. The Bertz CT molecular complexity index is 1770. The summed E-state index contributed by atoms with van der Waals surface area (Å²) in [5.74, 6) is 2.00. The highest BCUT2D eigenvalue weighted by Crippen LogP contribution is 2.40. The number of aliphatic hydroxyl groups is 1. The van der Waals surface area contributed by atoms with Crippen LogP contribution in [0.2, 0.25) is 25.7 Å². The number of ether oxygens (including phenoxy) is 2. The molecule has 1 aromatic carbocycles. The Morgan fingerprint density at radius 3 is 2.25 bits per heavy atom. The minimum atomic E-state index is -4.32. The molecule has 0 unspecified atom stereocenters. The van der Waals surface area contributed by atoms with Crippen LogP contribution in [0.15, 0.2) is 46.9 Å². The van der Waals surface area contributed by atoms with Gasteiger partial charge in [-0.15, -0.1) is 10.2 Å². The summed E-state index contributed by atoms with van der Waals surface area (Å²) in [7, 11) is -3.11. The first-order valence-corrected chi connectivity index (χ1v) is 19.3. The Hall–Kier alpha value is -4.19. The van der Waals surface area contributed by atoms with E-state index in [1.807, 2.05) is 6.07 Å². The molecule has 234 valence electrons. The van der Waals surface area contributed by atoms with Crippen molar-refractivity contribution in [3.63, 3.8) is 0 Å². The van der Waals surface area contributed by atoms with Gasteiger partial charge in [-0.1, -0.05) is 25.7 Å². The SMILES string of the molecule is COc1cccc(OC)c1-n1c(-c2ccc(C)o2)nnc1N(CC[Si](C)(C)C)S(=O)(=O)[C@@H](C)[C@@H](O)c1ccc(C#N)c(C)n1. The van der Waals surface area contributed by atoms with Gasteiger partial charge in [0.2, 0.25) is 21.8 Å². The highest BCUT2D eigenvalue weighted by molar-refractivity contribution is 7.93. The largest absolute Gasteiger partial charge is 0.494 e. The monoisotopic (exact) mass is 638 g/mol. The molecule has 0 fully saturated rings. The van der Waals surface area contributed by atoms with E-state index in [1.54, 1.807) is 48.7 Å². The highest BCUT2D eigenvalue weighted by atomic mass is 32.2. The number of aromatic nitrogens is 4. The number of benzene rings is 1. The average molecular weight is 639 g/mol. The number of aryl methyl sites for hydroxylation is 2. The molecule has 4 aromatic rings. The van der Waals surface area contributed by atoms with E-state index in [2.05, 4.69) is 34.8 Å². The normalized spacial score (nSPS) is 13.3. The van der Waals surface area contributed by atoms with Crippen molar-refractivity contribution in [2.75, 3.05) is 25.1 Å². The molecule has 0 aliphatic carbocycles. The molecule has 0 radical (unpaired) electrons. The van der Waals surface area contributed by atoms with Crippen LogP contribution in [0.4, 0.5) is 5.95 Å². The number of furan rings is 1. The number of para-hydroxylation sites is 1. The number of nitriles is 1. The standard InChI is InChI=1S/C30H38N6O6SSi/c1-19-12-15-26(42-19)29-33-34-30(36(29)27-24(40-4)10-9-11-25(27)41-5)35(16-17-44(6,7)8)43(38,39)21(3)28(37)23-14-13-22(18-31)20(2)32-23/h9-15,21,28,37H,16-17H2,1-8H3/t21-,28+/m0/s1. The average Bonchev–Trinajstić information content (AvgIpc) is 3.61. The van der Waals surface area contributed by atoms with Crippen molar-refractivity contribution in [2.24, 2.45) is 0 Å². The molecule has 4 rings (SSSR count). The third-order valence-corrected chi connectivity index (χ3v) is 11.2. The molecular weight excluding hydrogens is 601 g/mol. The van der Waals surface area contributed by atoms with Gasteiger partial charge in [-0.05, 0) is 63.2 Å². The molecule has 2 atom stereocenters. The van der Waals surface area contributed by atoms with Crippen molar-refractivity contribution in [2.45, 2.75) is 57.8 Å². The predicted molar refractivity (Wildman–Crippen MR) is 169 cm³/mol. The number of methoxy groups -OCH3 is 2. The van der Waals surface area contributed by atoms with Crippen molar-refractivity contribution in [3.05, 3.63) is 65.2 Å². The van der Waals surface area contributed by atoms with E-state index >= 15 is 0 Å². The molecule has 0 saturated carbocycles. The molecule has 0 amide bonds. The number of hydrogen-bond acceptors (Lipinski definition) is 10. The Morgan fingerprint density at radius 2 is 1.73 bits per heavy atom. The molecule has 3 aromatic heterocycles. The maximum atomic E-state index is 14.5. The third-order valence-electron chi connectivity index (χ3n) is 7.27. The number of pyridine rings is 1. The fraction of sp³-hybridized carbons (Fsp3) is 0.400. The van der Waals surface area contributed by atoms with Gasteiger partial charge in [0.05, 0.1) is 31.2 Å². The minimum Gasteiger partial charge on any atom is -0.494 e. The Morgan fingerprint density at radius 1 is 1.07 bits per heavy atom. The number of hydrogen-bond donors (Lipinski definition) is 1. The number of nitrogens with zero attached hydrogens (tertiary/aromatic N) is 6. The predicted octanol–water partition coefficient (Wildman–Crippen LogP) is 5.02. The quantitative estimate of drug-likeness (QED) is 0.209. The molecule has 1 N–H and O–H groups in total. The van der Waals surface area contributed by atoms with Crippen molar-refractivity contribution in [1.82, 2.24) is 19.7 Å². The second-order valence-corrected chi connectivity index (χ2v) is 19.5. The Balaban J connectivity index is 1.96. The van der Waals surface area contributed by atoms with Crippen LogP contribution in [-0.4, -0.2) is 67.4 Å². The first-order valence-electron chi connectivity index (χ1n) is 14.0. The van der Waals surface area contributed by atoms with Gasteiger partial charge >= 0.3 is 0 Å². The zero-order valence-corrected chi connectivity index (χ0v) is 28.0. The zero-order valence-electron chi connectivity index (χ0n) is 26.2. The van der Waals surface area contributed by atoms with E-state index in [1.165, 1.54) is 37.6 Å². The van der Waals surface area contributed by atoms with Gasteiger partial charge in [-0.25, -0.2) is 12.7 Å². The van der Waals surface area contributed by atoms with Crippen LogP contribution in [0.3, 0.4) is 0 Å². The minimum absolute atomic E-state index is 0.0156.